The number of nitrogens with zero attached hydrogens (tertiary/aromatic N) is 1. The van der Waals surface area contributed by atoms with Crippen LogP contribution in [0.2, 0.25) is 5.02 Å². The largest absolute Gasteiger partial charge is 0.480 e. The molecule has 1 heterocycles. The Kier molecular flexibility index (Phi) is 5.48. The number of sulfone groups is 1. The third kappa shape index (κ3) is 3.98. The van der Waals surface area contributed by atoms with E-state index in [-0.39, 0.29) is 22.9 Å². The van der Waals surface area contributed by atoms with E-state index in [0.717, 1.165) is 23.1 Å². The number of Topliss-reactive ketones (excluding diaryl/α,β-unsaturated/α-hetero) is 1. The molecule has 0 aromatic heterocycles. The topological polar surface area (TPSA) is 109 Å². The third-order valence-electron chi connectivity index (χ3n) is 3.91. The van der Waals surface area contributed by atoms with Crippen molar-refractivity contribution in [3.8, 4) is 0 Å². The highest BCUT2D eigenvalue weighted by Crippen LogP contribution is 2.32. The van der Waals surface area contributed by atoms with Gasteiger partial charge in [-0.25, -0.2) is 17.6 Å². The van der Waals surface area contributed by atoms with Crippen molar-refractivity contribution in [2.24, 2.45) is 0 Å². The summed E-state index contributed by atoms with van der Waals surface area (Å²) in [5.74, 6) is -3.28. The number of rotatable bonds is 5. The minimum atomic E-state index is -4.09. The van der Waals surface area contributed by atoms with E-state index >= 15 is 0 Å². The summed E-state index contributed by atoms with van der Waals surface area (Å²) < 4.78 is 38.6. The molecule has 0 saturated carbocycles. The maximum atomic E-state index is 13.1. The van der Waals surface area contributed by atoms with Gasteiger partial charge in [-0.1, -0.05) is 11.6 Å². The van der Waals surface area contributed by atoms with Gasteiger partial charge in [-0.2, -0.15) is 0 Å². The molecule has 0 unspecified atom stereocenters. The number of carbonyl (C=O) groups is 3. The second-order valence-corrected chi connectivity index (χ2v) is 8.36. The second-order valence-electron chi connectivity index (χ2n) is 5.76. The fourth-order valence-electron chi connectivity index (χ4n) is 2.73. The van der Waals surface area contributed by atoms with Gasteiger partial charge in [0, 0.05) is 6.54 Å². The lowest BCUT2D eigenvalue weighted by molar-refractivity contribution is -0.149. The number of halogens is 2. The Hall–Kier alpha value is -2.00. The molecule has 7 nitrogen and oxygen atoms in total. The Bertz CT molecular complexity index is 840. The average Bonchev–Trinajstić information content (AvgIpc) is 2.92. The Labute approximate surface area is 148 Å². The van der Waals surface area contributed by atoms with Crippen molar-refractivity contribution in [3.63, 3.8) is 0 Å². The Morgan fingerprint density at radius 3 is 2.52 bits per heavy atom. The van der Waals surface area contributed by atoms with Gasteiger partial charge in [-0.3, -0.25) is 9.59 Å². The van der Waals surface area contributed by atoms with E-state index in [4.69, 9.17) is 11.6 Å². The minimum absolute atomic E-state index is 0.319. The molecule has 136 valence electrons. The van der Waals surface area contributed by atoms with Gasteiger partial charge in [0.15, 0.2) is 9.84 Å². The average molecular weight is 392 g/mol. The van der Waals surface area contributed by atoms with E-state index in [1.165, 1.54) is 6.92 Å². The van der Waals surface area contributed by atoms with Crippen LogP contribution in [0.15, 0.2) is 23.1 Å². The van der Waals surface area contributed by atoms with Crippen molar-refractivity contribution in [2.45, 2.75) is 36.0 Å². The van der Waals surface area contributed by atoms with Crippen molar-refractivity contribution >= 4 is 39.1 Å². The van der Waals surface area contributed by atoms with Crippen molar-refractivity contribution in [1.82, 2.24) is 4.90 Å². The van der Waals surface area contributed by atoms with Crippen LogP contribution in [0.3, 0.4) is 0 Å². The van der Waals surface area contributed by atoms with Crippen LogP contribution < -0.4 is 0 Å². The normalized spacial score (nSPS) is 20.5. The first-order valence-corrected chi connectivity index (χ1v) is 9.17. The van der Waals surface area contributed by atoms with Crippen LogP contribution in [-0.2, 0) is 24.2 Å². The van der Waals surface area contributed by atoms with Crippen LogP contribution in [0.1, 0.15) is 19.8 Å². The maximum absolute atomic E-state index is 13.1. The van der Waals surface area contributed by atoms with Crippen molar-refractivity contribution < 1.29 is 32.3 Å². The molecule has 1 amide bonds. The smallest absolute Gasteiger partial charge is 0.326 e. The zero-order valence-corrected chi connectivity index (χ0v) is 14.7. The number of carboxylic acids is 1. The number of hydrogen-bond acceptors (Lipinski definition) is 5. The van der Waals surface area contributed by atoms with Crippen LogP contribution in [0.5, 0.6) is 0 Å². The van der Waals surface area contributed by atoms with E-state index in [1.807, 2.05) is 0 Å². The highest BCUT2D eigenvalue weighted by molar-refractivity contribution is 7.92. The summed E-state index contributed by atoms with van der Waals surface area (Å²) in [5.41, 5.74) is 0. The number of carboxylic acid groups (broad SMARTS) is 1. The summed E-state index contributed by atoms with van der Waals surface area (Å²) in [5, 5.41) is 7.73. The number of benzene rings is 1. The van der Waals surface area contributed by atoms with E-state index in [9.17, 15) is 32.3 Å². The van der Waals surface area contributed by atoms with Crippen molar-refractivity contribution in [3.05, 3.63) is 29.0 Å². The molecule has 1 aliphatic rings. The molecule has 0 spiro atoms. The Morgan fingerprint density at radius 1 is 1.36 bits per heavy atom. The monoisotopic (exact) mass is 391 g/mol. The molecule has 0 bridgehead atoms. The van der Waals surface area contributed by atoms with Gasteiger partial charge in [0.1, 0.15) is 17.6 Å². The first-order valence-electron chi connectivity index (χ1n) is 7.24. The van der Waals surface area contributed by atoms with Gasteiger partial charge in [0.25, 0.3) is 0 Å². The molecule has 1 N–H and O–H groups in total. The summed E-state index contributed by atoms with van der Waals surface area (Å²) in [4.78, 5) is 35.1. The quantitative estimate of drug-likeness (QED) is 0.598. The predicted molar refractivity (Wildman–Crippen MR) is 85.4 cm³/mol. The van der Waals surface area contributed by atoms with Crippen LogP contribution >= 0.6 is 11.6 Å². The molecular weight excluding hydrogens is 377 g/mol. The summed E-state index contributed by atoms with van der Waals surface area (Å²) >= 11 is 5.80. The molecule has 0 aliphatic carbocycles. The fraction of sp³-hybridized carbons (Fsp3) is 0.400. The molecular formula is C15H15ClFNO6S. The van der Waals surface area contributed by atoms with Gasteiger partial charge in [0.05, 0.1) is 21.6 Å². The highest BCUT2D eigenvalue weighted by Gasteiger charge is 2.45. The fourth-order valence-corrected chi connectivity index (χ4v) is 4.96. The van der Waals surface area contributed by atoms with Gasteiger partial charge in [0.2, 0.25) is 5.91 Å². The van der Waals surface area contributed by atoms with E-state index in [1.54, 1.807) is 0 Å². The molecule has 2 rings (SSSR count). The molecule has 1 saturated heterocycles. The van der Waals surface area contributed by atoms with Crippen LogP contribution in [-0.4, -0.2) is 53.9 Å². The van der Waals surface area contributed by atoms with E-state index in [2.05, 4.69) is 0 Å². The van der Waals surface area contributed by atoms with Crippen LogP contribution in [0.4, 0.5) is 4.39 Å². The zero-order valence-electron chi connectivity index (χ0n) is 13.1. The summed E-state index contributed by atoms with van der Waals surface area (Å²) in [6, 6.07) is 1.42. The first-order chi connectivity index (χ1) is 11.5. The van der Waals surface area contributed by atoms with Gasteiger partial charge >= 0.3 is 5.97 Å². The lowest BCUT2D eigenvalue weighted by Crippen LogP contribution is -2.41. The van der Waals surface area contributed by atoms with Gasteiger partial charge in [-0.05, 0) is 31.5 Å². The van der Waals surface area contributed by atoms with Crippen LogP contribution in [0.25, 0.3) is 0 Å². The first kappa shape index (κ1) is 19.3. The van der Waals surface area contributed by atoms with Gasteiger partial charge < -0.3 is 10.0 Å². The molecule has 1 fully saturated rings. The van der Waals surface area contributed by atoms with Crippen molar-refractivity contribution in [2.75, 3.05) is 6.54 Å². The second kappa shape index (κ2) is 7.09. The summed E-state index contributed by atoms with van der Waals surface area (Å²) in [6.07, 6.45) is -0.844. The molecule has 10 heteroatoms. The standard InChI is InChI=1S/C15H15ClFNO6S/c1-8(19)4-14(20)18-7-10(6-12(18)15(21)22)25(23,24)13-3-2-9(17)5-11(13)16/h2-3,5,10,12H,4,6-7H2,1H3,(H,21,22)/t10-,12+/m1/s1. The van der Waals surface area contributed by atoms with E-state index in [0.29, 0.717) is 0 Å². The Balaban J connectivity index is 2.35. The molecule has 1 aliphatic heterocycles. The maximum Gasteiger partial charge on any atom is 0.326 e. The molecule has 0 radical (unpaired) electrons. The predicted octanol–water partition coefficient (Wildman–Crippen LogP) is 1.29. The SMILES string of the molecule is CC(=O)CC(=O)N1C[C@H](S(=O)(=O)c2ccc(F)cc2Cl)C[C@H]1C(=O)O. The molecule has 1 aromatic rings. The third-order valence-corrected chi connectivity index (χ3v) is 6.52. The van der Waals surface area contributed by atoms with Crippen LogP contribution in [0, 0.1) is 5.82 Å². The number of carbonyl (C=O) groups excluding carboxylic acids is 2. The van der Waals surface area contributed by atoms with Crippen molar-refractivity contribution in [1.29, 1.82) is 0 Å². The number of amides is 1. The van der Waals surface area contributed by atoms with Gasteiger partial charge in [-0.15, -0.1) is 0 Å². The number of hydrogen-bond donors (Lipinski definition) is 1. The molecule has 25 heavy (non-hydrogen) atoms. The lowest BCUT2D eigenvalue weighted by atomic mass is 10.2. The Morgan fingerprint density at radius 2 is 2.00 bits per heavy atom. The summed E-state index contributed by atoms with van der Waals surface area (Å²) in [7, 11) is -4.09. The molecule has 1 aromatic carbocycles. The number of aliphatic carboxylic acids is 1. The zero-order chi connectivity index (χ0) is 18.9. The van der Waals surface area contributed by atoms with E-state index < -0.39 is 51.0 Å². The number of likely N-dealkylation sites (tertiary alicyclic amines) is 1. The lowest BCUT2D eigenvalue weighted by Gasteiger charge is -2.20. The highest BCUT2D eigenvalue weighted by atomic mass is 35.5. The minimum Gasteiger partial charge on any atom is -0.480 e. The summed E-state index contributed by atoms with van der Waals surface area (Å²) in [6.45, 7) is 0.801. The number of ketones is 1. The molecule has 2 atom stereocenters.